The first-order chi connectivity index (χ1) is 14.0. The summed E-state index contributed by atoms with van der Waals surface area (Å²) in [4.78, 5) is 33.9. The smallest absolute Gasteiger partial charge is 0.262 e. The normalized spacial score (nSPS) is 12.4. The van der Waals surface area contributed by atoms with Crippen molar-refractivity contribution in [1.82, 2.24) is 19.8 Å². The number of thiophene rings is 1. The van der Waals surface area contributed by atoms with Crippen LogP contribution in [0.4, 0.5) is 0 Å². The van der Waals surface area contributed by atoms with E-state index in [0.717, 1.165) is 28.4 Å². The fraction of sp³-hybridized carbons (Fsp3) is 0.409. The minimum absolute atomic E-state index is 0.0319. The number of aryl methyl sites for hydroxylation is 2. The van der Waals surface area contributed by atoms with Crippen LogP contribution in [-0.2, 0) is 11.3 Å². The summed E-state index contributed by atoms with van der Waals surface area (Å²) in [6, 6.07) is 10.3. The Hall–Kier alpha value is -2.51. The van der Waals surface area contributed by atoms with Gasteiger partial charge in [-0.2, -0.15) is 0 Å². The molecular weight excluding hydrogens is 384 g/mol. The van der Waals surface area contributed by atoms with E-state index in [2.05, 4.69) is 41.2 Å². The first kappa shape index (κ1) is 21.2. The number of carbonyl (C=O) groups excluding carboxylic acids is 1. The van der Waals surface area contributed by atoms with Gasteiger partial charge in [-0.3, -0.25) is 19.1 Å². The van der Waals surface area contributed by atoms with Crippen LogP contribution in [0.15, 0.2) is 41.5 Å². The molecule has 2 aromatic heterocycles. The largest absolute Gasteiger partial charge is 0.353 e. The van der Waals surface area contributed by atoms with Gasteiger partial charge in [0.15, 0.2) is 0 Å². The fourth-order valence-electron chi connectivity index (χ4n) is 3.60. The third-order valence-electron chi connectivity index (χ3n) is 5.40. The van der Waals surface area contributed by atoms with E-state index in [1.54, 1.807) is 0 Å². The van der Waals surface area contributed by atoms with Crippen molar-refractivity contribution < 1.29 is 4.79 Å². The molecule has 0 fully saturated rings. The number of nitrogens with one attached hydrogen (secondary N) is 1. The molecule has 0 aliphatic heterocycles. The maximum atomic E-state index is 12.8. The molecule has 1 unspecified atom stereocenters. The molecule has 154 valence electrons. The predicted molar refractivity (Wildman–Crippen MR) is 118 cm³/mol. The van der Waals surface area contributed by atoms with Gasteiger partial charge in [0.2, 0.25) is 5.91 Å². The molecule has 3 rings (SSSR count). The van der Waals surface area contributed by atoms with E-state index in [4.69, 9.17) is 0 Å². The highest BCUT2D eigenvalue weighted by molar-refractivity contribution is 7.18. The number of benzene rings is 1. The van der Waals surface area contributed by atoms with Crippen molar-refractivity contribution in [3.05, 3.63) is 63.0 Å². The van der Waals surface area contributed by atoms with Crippen LogP contribution >= 0.6 is 11.3 Å². The minimum atomic E-state index is -0.189. The third kappa shape index (κ3) is 4.57. The van der Waals surface area contributed by atoms with Crippen LogP contribution in [0.1, 0.15) is 35.9 Å². The van der Waals surface area contributed by atoms with Crippen molar-refractivity contribution in [2.24, 2.45) is 0 Å². The summed E-state index contributed by atoms with van der Waals surface area (Å²) in [6.07, 6.45) is 1.47. The van der Waals surface area contributed by atoms with Crippen molar-refractivity contribution in [3.8, 4) is 0 Å². The van der Waals surface area contributed by atoms with Gasteiger partial charge in [-0.25, -0.2) is 4.98 Å². The molecule has 2 heterocycles. The van der Waals surface area contributed by atoms with Crippen molar-refractivity contribution >= 4 is 27.5 Å². The lowest BCUT2D eigenvalue weighted by Gasteiger charge is -2.30. The molecule has 0 aliphatic rings. The zero-order valence-corrected chi connectivity index (χ0v) is 18.3. The summed E-state index contributed by atoms with van der Waals surface area (Å²) in [5.41, 5.74) is 1.96. The van der Waals surface area contributed by atoms with Gasteiger partial charge in [0.05, 0.1) is 17.8 Å². The van der Waals surface area contributed by atoms with E-state index in [-0.39, 0.29) is 24.1 Å². The second-order valence-electron chi connectivity index (χ2n) is 7.09. The fourth-order valence-corrected chi connectivity index (χ4v) is 4.59. The number of fused-ring (bicyclic) bond motifs is 1. The molecule has 6 nitrogen and oxygen atoms in total. The zero-order valence-electron chi connectivity index (χ0n) is 17.4. The van der Waals surface area contributed by atoms with Gasteiger partial charge in [-0.05, 0) is 38.1 Å². The highest BCUT2D eigenvalue weighted by Crippen LogP contribution is 2.25. The van der Waals surface area contributed by atoms with Crippen LogP contribution in [0.2, 0.25) is 0 Å². The Morgan fingerprint density at radius 3 is 2.55 bits per heavy atom. The maximum Gasteiger partial charge on any atom is 0.262 e. The standard InChI is InChI=1S/C22H28N4O2S/c1-5-25(6-2)18(17-10-8-7-9-11-17)12-23-19(27)13-26-14-24-21-20(22(26)28)15(3)16(4)29-21/h7-11,14,18H,5-6,12-13H2,1-4H3,(H,23,27). The number of likely N-dealkylation sites (N-methyl/N-ethyl adjacent to an activating group) is 1. The number of hydrogen-bond acceptors (Lipinski definition) is 5. The average molecular weight is 413 g/mol. The predicted octanol–water partition coefficient (Wildman–Crippen LogP) is 3.27. The monoisotopic (exact) mass is 412 g/mol. The van der Waals surface area contributed by atoms with Crippen molar-refractivity contribution in [2.45, 2.75) is 40.3 Å². The van der Waals surface area contributed by atoms with Crippen molar-refractivity contribution in [2.75, 3.05) is 19.6 Å². The van der Waals surface area contributed by atoms with E-state index in [1.165, 1.54) is 27.8 Å². The van der Waals surface area contributed by atoms with Crippen LogP contribution < -0.4 is 10.9 Å². The molecule has 0 aliphatic carbocycles. The Balaban J connectivity index is 1.74. The first-order valence-electron chi connectivity index (χ1n) is 9.97. The molecule has 29 heavy (non-hydrogen) atoms. The number of aromatic nitrogens is 2. The quantitative estimate of drug-likeness (QED) is 0.617. The average Bonchev–Trinajstić information content (AvgIpc) is 3.02. The lowest BCUT2D eigenvalue weighted by Crippen LogP contribution is -2.40. The molecule has 0 radical (unpaired) electrons. The molecular formula is C22H28N4O2S. The molecule has 1 aromatic carbocycles. The molecule has 0 spiro atoms. The van der Waals surface area contributed by atoms with E-state index >= 15 is 0 Å². The Bertz CT molecular complexity index is 1040. The van der Waals surface area contributed by atoms with Gasteiger partial charge >= 0.3 is 0 Å². The molecule has 1 N–H and O–H groups in total. The van der Waals surface area contributed by atoms with Crippen LogP contribution in [0, 0.1) is 13.8 Å². The summed E-state index contributed by atoms with van der Waals surface area (Å²) in [5, 5.41) is 3.63. The number of amides is 1. The SMILES string of the molecule is CCN(CC)C(CNC(=O)Cn1cnc2sc(C)c(C)c2c1=O)c1ccccc1. The second-order valence-corrected chi connectivity index (χ2v) is 8.30. The number of carbonyl (C=O) groups is 1. The summed E-state index contributed by atoms with van der Waals surface area (Å²) >= 11 is 1.51. The van der Waals surface area contributed by atoms with Gasteiger partial charge in [-0.15, -0.1) is 11.3 Å². The third-order valence-corrected chi connectivity index (χ3v) is 6.52. The molecule has 0 bridgehead atoms. The molecule has 1 amide bonds. The lowest BCUT2D eigenvalue weighted by atomic mass is 10.1. The van der Waals surface area contributed by atoms with Crippen LogP contribution in [0.5, 0.6) is 0 Å². The van der Waals surface area contributed by atoms with Crippen LogP contribution in [0.25, 0.3) is 10.2 Å². The van der Waals surface area contributed by atoms with Crippen molar-refractivity contribution in [3.63, 3.8) is 0 Å². The van der Waals surface area contributed by atoms with Gasteiger partial charge in [0.1, 0.15) is 11.4 Å². The number of nitrogens with zero attached hydrogens (tertiary/aromatic N) is 3. The highest BCUT2D eigenvalue weighted by atomic mass is 32.1. The van der Waals surface area contributed by atoms with E-state index in [9.17, 15) is 9.59 Å². The Morgan fingerprint density at radius 2 is 1.90 bits per heavy atom. The molecule has 0 saturated carbocycles. The summed E-state index contributed by atoms with van der Waals surface area (Å²) in [6.45, 7) is 10.4. The molecule has 1 atom stereocenters. The van der Waals surface area contributed by atoms with Crippen molar-refractivity contribution in [1.29, 1.82) is 0 Å². The summed E-state index contributed by atoms with van der Waals surface area (Å²) < 4.78 is 1.39. The Morgan fingerprint density at radius 1 is 1.21 bits per heavy atom. The molecule has 3 aromatic rings. The highest BCUT2D eigenvalue weighted by Gasteiger charge is 2.19. The van der Waals surface area contributed by atoms with Gasteiger partial charge < -0.3 is 5.32 Å². The number of rotatable bonds is 8. The van der Waals surface area contributed by atoms with E-state index in [0.29, 0.717) is 11.9 Å². The Kier molecular flexibility index (Phi) is 6.82. The first-order valence-corrected chi connectivity index (χ1v) is 10.8. The van der Waals surface area contributed by atoms with Gasteiger partial charge in [-0.1, -0.05) is 44.2 Å². The summed E-state index contributed by atoms with van der Waals surface area (Å²) in [7, 11) is 0. The maximum absolute atomic E-state index is 12.8. The van der Waals surface area contributed by atoms with E-state index in [1.807, 2.05) is 32.0 Å². The minimum Gasteiger partial charge on any atom is -0.353 e. The van der Waals surface area contributed by atoms with Gasteiger partial charge in [0.25, 0.3) is 5.56 Å². The molecule has 0 saturated heterocycles. The van der Waals surface area contributed by atoms with Gasteiger partial charge in [0, 0.05) is 11.4 Å². The Labute approximate surface area is 175 Å². The topological polar surface area (TPSA) is 67.2 Å². The van der Waals surface area contributed by atoms with E-state index < -0.39 is 0 Å². The molecule has 7 heteroatoms. The van der Waals surface area contributed by atoms with Crippen LogP contribution in [-0.4, -0.2) is 40.0 Å². The number of hydrogen-bond donors (Lipinski definition) is 1. The van der Waals surface area contributed by atoms with Crippen LogP contribution in [0.3, 0.4) is 0 Å². The summed E-state index contributed by atoms with van der Waals surface area (Å²) in [5.74, 6) is -0.189. The second kappa shape index (κ2) is 9.33. The lowest BCUT2D eigenvalue weighted by molar-refractivity contribution is -0.122. The zero-order chi connectivity index (χ0) is 21.0.